The van der Waals surface area contributed by atoms with Crippen LogP contribution in [0.3, 0.4) is 0 Å². The molecule has 1 heterocycles. The molecule has 3 aromatic rings. The third-order valence-electron chi connectivity index (χ3n) is 4.68. The maximum Gasteiger partial charge on any atom is 0.332 e. The first kappa shape index (κ1) is 23.1. The smallest absolute Gasteiger partial charge is 0.332 e. The summed E-state index contributed by atoms with van der Waals surface area (Å²) < 4.78 is 0. The number of aliphatic hydroxyl groups excluding tert-OH is 1. The fourth-order valence-corrected chi connectivity index (χ4v) is 3.92. The molecule has 0 aliphatic rings. The summed E-state index contributed by atoms with van der Waals surface area (Å²) in [5.74, 6) is -2.11. The first-order valence-electron chi connectivity index (χ1n) is 9.91. The van der Waals surface area contributed by atoms with E-state index in [1.807, 2.05) is 54.6 Å². The summed E-state index contributed by atoms with van der Waals surface area (Å²) in [6.45, 7) is 1.34. The Morgan fingerprint density at radius 1 is 1.03 bits per heavy atom. The molecule has 0 aliphatic heterocycles. The van der Waals surface area contributed by atoms with E-state index in [1.165, 1.54) is 13.1 Å². The number of benzene rings is 2. The lowest BCUT2D eigenvalue weighted by molar-refractivity contribution is -0.147. The first-order chi connectivity index (χ1) is 15.3. The van der Waals surface area contributed by atoms with Gasteiger partial charge in [-0.3, -0.25) is 9.59 Å². The van der Waals surface area contributed by atoms with Crippen molar-refractivity contribution in [1.29, 1.82) is 0 Å². The van der Waals surface area contributed by atoms with Gasteiger partial charge in [0, 0.05) is 19.4 Å². The van der Waals surface area contributed by atoms with E-state index >= 15 is 0 Å². The molecule has 0 radical (unpaired) electrons. The SMILES string of the molecule is CC(=O)Nc1ncc(C(=O)N[C@H](Cc2ccc(-c3ccccc3)cc2)C[C@@H](O)C(=O)O)s1. The van der Waals surface area contributed by atoms with Crippen LogP contribution in [0.15, 0.2) is 60.8 Å². The molecule has 0 spiro atoms. The van der Waals surface area contributed by atoms with Crippen LogP contribution < -0.4 is 10.6 Å². The van der Waals surface area contributed by atoms with Crippen molar-refractivity contribution in [2.45, 2.75) is 31.9 Å². The van der Waals surface area contributed by atoms with Crippen LogP contribution in [0.4, 0.5) is 5.13 Å². The van der Waals surface area contributed by atoms with Crippen LogP contribution in [0, 0.1) is 0 Å². The van der Waals surface area contributed by atoms with Crippen LogP contribution in [0.25, 0.3) is 11.1 Å². The number of nitrogens with one attached hydrogen (secondary N) is 2. The maximum absolute atomic E-state index is 12.7. The monoisotopic (exact) mass is 453 g/mol. The van der Waals surface area contributed by atoms with Crippen molar-refractivity contribution < 1.29 is 24.6 Å². The van der Waals surface area contributed by atoms with Crippen molar-refractivity contribution in [2.24, 2.45) is 0 Å². The molecule has 0 aliphatic carbocycles. The summed E-state index contributed by atoms with van der Waals surface area (Å²) in [7, 11) is 0. The van der Waals surface area contributed by atoms with Gasteiger partial charge in [0.25, 0.3) is 5.91 Å². The number of carboxylic acids is 1. The minimum Gasteiger partial charge on any atom is -0.479 e. The lowest BCUT2D eigenvalue weighted by atomic mass is 9.98. The van der Waals surface area contributed by atoms with E-state index in [9.17, 15) is 19.5 Å². The van der Waals surface area contributed by atoms with E-state index in [-0.39, 0.29) is 17.2 Å². The molecule has 0 unspecified atom stereocenters. The van der Waals surface area contributed by atoms with Crippen molar-refractivity contribution in [3.05, 3.63) is 71.2 Å². The highest BCUT2D eigenvalue weighted by Gasteiger charge is 2.23. The Morgan fingerprint density at radius 2 is 1.69 bits per heavy atom. The van der Waals surface area contributed by atoms with Crippen LogP contribution >= 0.6 is 11.3 Å². The largest absolute Gasteiger partial charge is 0.479 e. The Labute approximate surface area is 188 Å². The Bertz CT molecular complexity index is 1080. The van der Waals surface area contributed by atoms with Crippen LogP contribution in [0.1, 0.15) is 28.6 Å². The normalized spacial score (nSPS) is 12.6. The molecule has 0 bridgehead atoms. The molecule has 3 rings (SSSR count). The van der Waals surface area contributed by atoms with Gasteiger partial charge in [-0.25, -0.2) is 9.78 Å². The number of carbonyl (C=O) groups is 3. The molecule has 166 valence electrons. The Balaban J connectivity index is 1.72. The van der Waals surface area contributed by atoms with Gasteiger partial charge in [-0.2, -0.15) is 0 Å². The second-order valence-electron chi connectivity index (χ2n) is 7.24. The fraction of sp³-hybridized carbons (Fsp3) is 0.217. The van der Waals surface area contributed by atoms with Crippen LogP contribution in [0.2, 0.25) is 0 Å². The minimum atomic E-state index is -1.61. The number of amides is 2. The number of thiazole rings is 1. The average molecular weight is 454 g/mol. The van der Waals surface area contributed by atoms with Crippen LogP contribution in [-0.2, 0) is 16.0 Å². The zero-order chi connectivity index (χ0) is 23.1. The molecule has 0 saturated heterocycles. The number of rotatable bonds is 9. The van der Waals surface area contributed by atoms with E-state index in [4.69, 9.17) is 5.11 Å². The van der Waals surface area contributed by atoms with Gasteiger partial charge >= 0.3 is 5.97 Å². The van der Waals surface area contributed by atoms with Crippen LogP contribution in [0.5, 0.6) is 0 Å². The summed E-state index contributed by atoms with van der Waals surface area (Å²) in [4.78, 5) is 39.2. The van der Waals surface area contributed by atoms with Gasteiger partial charge in [0.2, 0.25) is 5.91 Å². The molecular weight excluding hydrogens is 430 g/mol. The minimum absolute atomic E-state index is 0.154. The van der Waals surface area contributed by atoms with Gasteiger partial charge in [0.05, 0.1) is 6.20 Å². The van der Waals surface area contributed by atoms with Crippen molar-refractivity contribution in [2.75, 3.05) is 5.32 Å². The van der Waals surface area contributed by atoms with Gasteiger partial charge in [-0.05, 0) is 23.1 Å². The highest BCUT2D eigenvalue weighted by molar-refractivity contribution is 7.17. The fourth-order valence-electron chi connectivity index (χ4n) is 3.16. The number of nitrogens with zero attached hydrogens (tertiary/aromatic N) is 1. The molecule has 32 heavy (non-hydrogen) atoms. The second-order valence-corrected chi connectivity index (χ2v) is 8.27. The van der Waals surface area contributed by atoms with Gasteiger partial charge < -0.3 is 20.8 Å². The lowest BCUT2D eigenvalue weighted by Gasteiger charge is -2.20. The van der Waals surface area contributed by atoms with Gasteiger partial charge in [-0.15, -0.1) is 0 Å². The summed E-state index contributed by atoms with van der Waals surface area (Å²) in [5.41, 5.74) is 3.00. The average Bonchev–Trinajstić information content (AvgIpc) is 3.22. The number of aliphatic hydroxyl groups is 1. The zero-order valence-corrected chi connectivity index (χ0v) is 18.1. The van der Waals surface area contributed by atoms with Crippen molar-refractivity contribution in [1.82, 2.24) is 10.3 Å². The predicted octanol–water partition coefficient (Wildman–Crippen LogP) is 2.95. The number of hydrogen-bond donors (Lipinski definition) is 4. The highest BCUT2D eigenvalue weighted by Crippen LogP contribution is 2.21. The Hall–Kier alpha value is -3.56. The Morgan fingerprint density at radius 3 is 2.31 bits per heavy atom. The summed E-state index contributed by atoms with van der Waals surface area (Å²) >= 11 is 1.01. The van der Waals surface area contributed by atoms with E-state index in [2.05, 4.69) is 15.6 Å². The van der Waals surface area contributed by atoms with Crippen LogP contribution in [-0.4, -0.2) is 45.1 Å². The van der Waals surface area contributed by atoms with E-state index in [1.54, 1.807) is 0 Å². The summed E-state index contributed by atoms with van der Waals surface area (Å²) in [6, 6.07) is 17.0. The molecule has 8 nitrogen and oxygen atoms in total. The number of aromatic nitrogens is 1. The topological polar surface area (TPSA) is 129 Å². The standard InChI is InChI=1S/C23H23N3O5S/c1-14(27)25-23-24-13-20(32-23)21(29)26-18(12-19(28)22(30)31)11-15-7-9-17(10-8-15)16-5-3-2-4-6-16/h2-10,13,18-19,28H,11-12H2,1H3,(H,26,29)(H,30,31)(H,24,25,27)/t18-,19-/m1/s1. The molecule has 2 amide bonds. The van der Waals surface area contributed by atoms with Gasteiger partial charge in [0.15, 0.2) is 11.2 Å². The zero-order valence-electron chi connectivity index (χ0n) is 17.3. The number of anilines is 1. The molecule has 0 saturated carbocycles. The molecule has 2 atom stereocenters. The molecule has 1 aromatic heterocycles. The van der Waals surface area contributed by atoms with Crippen molar-refractivity contribution in [3.8, 4) is 11.1 Å². The van der Waals surface area contributed by atoms with E-state index < -0.39 is 24.0 Å². The first-order valence-corrected chi connectivity index (χ1v) is 10.7. The maximum atomic E-state index is 12.7. The molecular formula is C23H23N3O5S. The third kappa shape index (κ3) is 6.47. The van der Waals surface area contributed by atoms with Gasteiger partial charge in [0.1, 0.15) is 4.88 Å². The molecule has 9 heteroatoms. The predicted molar refractivity (Wildman–Crippen MR) is 122 cm³/mol. The van der Waals surface area contributed by atoms with Crippen molar-refractivity contribution >= 4 is 34.3 Å². The van der Waals surface area contributed by atoms with Gasteiger partial charge in [-0.1, -0.05) is 65.9 Å². The van der Waals surface area contributed by atoms with E-state index in [0.717, 1.165) is 28.0 Å². The second kappa shape index (κ2) is 10.7. The third-order valence-corrected chi connectivity index (χ3v) is 5.60. The molecule has 4 N–H and O–H groups in total. The Kier molecular flexibility index (Phi) is 7.69. The summed E-state index contributed by atoms with van der Waals surface area (Å²) in [5, 5.41) is 24.5. The quantitative estimate of drug-likeness (QED) is 0.394. The van der Waals surface area contributed by atoms with E-state index in [0.29, 0.717) is 11.6 Å². The number of hydrogen-bond acceptors (Lipinski definition) is 6. The summed E-state index contributed by atoms with van der Waals surface area (Å²) in [6.07, 6.45) is -0.0910. The van der Waals surface area contributed by atoms with Crippen molar-refractivity contribution in [3.63, 3.8) is 0 Å². The number of aliphatic carboxylic acids is 1. The number of carbonyl (C=O) groups excluding carboxylic acids is 2. The number of carboxylic acid groups (broad SMARTS) is 1. The molecule has 2 aromatic carbocycles. The highest BCUT2D eigenvalue weighted by atomic mass is 32.1. The lowest BCUT2D eigenvalue weighted by Crippen LogP contribution is -2.40. The molecule has 0 fully saturated rings.